The topological polar surface area (TPSA) is 41.6 Å². The molecule has 1 aliphatic carbocycles. The van der Waals surface area contributed by atoms with Crippen LogP contribution in [0.1, 0.15) is 31.2 Å². The maximum Gasteiger partial charge on any atom is 0.249 e. The van der Waals surface area contributed by atoms with E-state index >= 15 is 0 Å². The van der Waals surface area contributed by atoms with Gasteiger partial charge in [0.25, 0.3) is 0 Å². The monoisotopic (exact) mass is 328 g/mol. The first-order chi connectivity index (χ1) is 11.8. The van der Waals surface area contributed by atoms with Gasteiger partial charge < -0.3 is 15.0 Å². The van der Waals surface area contributed by atoms with Gasteiger partial charge in [0.05, 0.1) is 6.10 Å². The fraction of sp³-hybridized carbons (Fsp3) is 0.650. The minimum Gasteiger partial charge on any atom is -0.364 e. The number of hydrogen-bond donors (Lipinski definition) is 1. The lowest BCUT2D eigenvalue weighted by Gasteiger charge is -2.34. The van der Waals surface area contributed by atoms with Crippen LogP contribution in [0.15, 0.2) is 30.3 Å². The van der Waals surface area contributed by atoms with E-state index in [2.05, 4.69) is 40.5 Å². The summed E-state index contributed by atoms with van der Waals surface area (Å²) in [7, 11) is 0. The number of ether oxygens (including phenoxy) is 1. The molecule has 24 heavy (non-hydrogen) atoms. The summed E-state index contributed by atoms with van der Waals surface area (Å²) in [5.74, 6) is 1.41. The van der Waals surface area contributed by atoms with Crippen molar-refractivity contribution in [3.8, 4) is 0 Å². The van der Waals surface area contributed by atoms with Crippen LogP contribution in [0.4, 0.5) is 0 Å². The lowest BCUT2D eigenvalue weighted by Crippen LogP contribution is -2.43. The van der Waals surface area contributed by atoms with Crippen molar-refractivity contribution in [2.45, 2.75) is 44.3 Å². The van der Waals surface area contributed by atoms with Gasteiger partial charge in [-0.05, 0) is 56.0 Å². The Morgan fingerprint density at radius 1 is 1.21 bits per heavy atom. The molecule has 2 heterocycles. The van der Waals surface area contributed by atoms with Crippen LogP contribution in [0, 0.1) is 11.8 Å². The Labute approximate surface area is 144 Å². The van der Waals surface area contributed by atoms with Gasteiger partial charge in [-0.3, -0.25) is 4.79 Å². The number of piperidine rings is 1. The van der Waals surface area contributed by atoms with Crippen LogP contribution in [-0.4, -0.2) is 49.2 Å². The molecule has 0 bridgehead atoms. The fourth-order valence-electron chi connectivity index (χ4n) is 3.98. The fourth-order valence-corrected chi connectivity index (χ4v) is 3.98. The second kappa shape index (κ2) is 7.24. The molecule has 0 aromatic heterocycles. The number of hydrogen-bond acceptors (Lipinski definition) is 3. The Morgan fingerprint density at radius 3 is 2.83 bits per heavy atom. The van der Waals surface area contributed by atoms with E-state index in [1.54, 1.807) is 0 Å². The third-order valence-electron chi connectivity index (χ3n) is 5.75. The first-order valence-corrected chi connectivity index (χ1v) is 9.47. The minimum atomic E-state index is -0.215. The lowest BCUT2D eigenvalue weighted by molar-refractivity contribution is -0.132. The van der Waals surface area contributed by atoms with Crippen LogP contribution in [0.2, 0.25) is 0 Å². The molecule has 4 heteroatoms. The number of fused-ring (bicyclic) bond motifs is 1. The van der Waals surface area contributed by atoms with Crippen LogP contribution in [0.5, 0.6) is 0 Å². The van der Waals surface area contributed by atoms with Crippen molar-refractivity contribution >= 4 is 5.91 Å². The van der Waals surface area contributed by atoms with E-state index in [1.807, 2.05) is 0 Å². The number of rotatable bonds is 6. The smallest absolute Gasteiger partial charge is 0.249 e. The van der Waals surface area contributed by atoms with Crippen molar-refractivity contribution in [3.05, 3.63) is 35.9 Å². The van der Waals surface area contributed by atoms with Gasteiger partial charge in [-0.15, -0.1) is 0 Å². The molecule has 0 radical (unpaired) electrons. The van der Waals surface area contributed by atoms with Crippen molar-refractivity contribution in [2.75, 3.05) is 26.2 Å². The Morgan fingerprint density at radius 2 is 2.04 bits per heavy atom. The first-order valence-electron chi connectivity index (χ1n) is 9.47. The number of nitrogens with one attached hydrogen (secondary N) is 1. The van der Waals surface area contributed by atoms with Gasteiger partial charge in [0.15, 0.2) is 0 Å². The summed E-state index contributed by atoms with van der Waals surface area (Å²) in [6, 6.07) is 10.7. The van der Waals surface area contributed by atoms with Crippen molar-refractivity contribution < 1.29 is 9.53 Å². The molecule has 0 unspecified atom stereocenters. The minimum absolute atomic E-state index is 0.118. The largest absolute Gasteiger partial charge is 0.364 e. The van der Waals surface area contributed by atoms with Crippen LogP contribution in [-0.2, 0) is 16.0 Å². The van der Waals surface area contributed by atoms with Crippen molar-refractivity contribution in [1.82, 2.24) is 10.2 Å². The molecule has 1 saturated carbocycles. The molecule has 1 aromatic carbocycles. The summed E-state index contributed by atoms with van der Waals surface area (Å²) in [6.07, 6.45) is 5.73. The molecule has 3 fully saturated rings. The summed E-state index contributed by atoms with van der Waals surface area (Å²) in [4.78, 5) is 14.8. The summed E-state index contributed by atoms with van der Waals surface area (Å²) in [5, 5.41) is 3.08. The van der Waals surface area contributed by atoms with Crippen molar-refractivity contribution in [3.63, 3.8) is 0 Å². The third-order valence-corrected chi connectivity index (χ3v) is 5.75. The van der Waals surface area contributed by atoms with Gasteiger partial charge in [-0.1, -0.05) is 30.3 Å². The molecule has 2 aliphatic heterocycles. The number of likely N-dealkylation sites (tertiary alicyclic amines) is 1. The van der Waals surface area contributed by atoms with Gasteiger partial charge in [0.2, 0.25) is 5.91 Å². The number of nitrogens with zero attached hydrogens (tertiary/aromatic N) is 1. The third kappa shape index (κ3) is 3.98. The van der Waals surface area contributed by atoms with E-state index in [-0.39, 0.29) is 18.1 Å². The maximum absolute atomic E-state index is 12.3. The Hall–Kier alpha value is -1.39. The van der Waals surface area contributed by atoms with Crippen LogP contribution in [0.3, 0.4) is 0 Å². The van der Waals surface area contributed by atoms with E-state index in [9.17, 15) is 4.79 Å². The first kappa shape index (κ1) is 16.1. The van der Waals surface area contributed by atoms with Gasteiger partial charge in [0, 0.05) is 19.6 Å². The summed E-state index contributed by atoms with van der Waals surface area (Å²) >= 11 is 0. The highest BCUT2D eigenvalue weighted by atomic mass is 16.5. The summed E-state index contributed by atoms with van der Waals surface area (Å²) in [5.41, 5.74) is 1.39. The molecule has 1 aromatic rings. The van der Waals surface area contributed by atoms with Crippen molar-refractivity contribution in [1.29, 1.82) is 0 Å². The molecule has 2 saturated heterocycles. The zero-order valence-electron chi connectivity index (χ0n) is 14.3. The van der Waals surface area contributed by atoms with Gasteiger partial charge in [-0.25, -0.2) is 0 Å². The Kier molecular flexibility index (Phi) is 4.86. The second-order valence-corrected chi connectivity index (χ2v) is 7.67. The standard InChI is InChI=1S/C20H28N2O2/c23-20(21-13-16-6-7-16)18-12-17-9-11-22(14-19(17)24-18)10-8-15-4-2-1-3-5-15/h1-5,16-19H,6-14H2,(H,21,23)/t17-,18-,19-/m0/s1. The van der Waals surface area contributed by atoms with Gasteiger partial charge >= 0.3 is 0 Å². The van der Waals surface area contributed by atoms with Gasteiger partial charge in [-0.2, -0.15) is 0 Å². The Bertz CT molecular complexity index is 558. The van der Waals surface area contributed by atoms with E-state index in [1.165, 1.54) is 18.4 Å². The van der Waals surface area contributed by atoms with Crippen LogP contribution >= 0.6 is 0 Å². The molecule has 3 atom stereocenters. The Balaban J connectivity index is 1.23. The second-order valence-electron chi connectivity index (χ2n) is 7.67. The normalized spacial score (nSPS) is 30.1. The highest BCUT2D eigenvalue weighted by Gasteiger charge is 2.41. The average molecular weight is 328 g/mol. The van der Waals surface area contributed by atoms with Crippen LogP contribution < -0.4 is 5.32 Å². The van der Waals surface area contributed by atoms with Gasteiger partial charge in [0.1, 0.15) is 6.10 Å². The predicted octanol–water partition coefficient (Wildman–Crippen LogP) is 2.23. The molecule has 1 N–H and O–H groups in total. The molecule has 130 valence electrons. The molecular formula is C20H28N2O2. The molecule has 1 amide bonds. The van der Waals surface area contributed by atoms with Crippen molar-refractivity contribution in [2.24, 2.45) is 11.8 Å². The number of carbonyl (C=O) groups is 1. The molecule has 3 aliphatic rings. The summed E-state index contributed by atoms with van der Waals surface area (Å²) in [6.45, 7) is 4.03. The van der Waals surface area contributed by atoms with E-state index in [4.69, 9.17) is 4.74 Å². The highest BCUT2D eigenvalue weighted by Crippen LogP contribution is 2.33. The van der Waals surface area contributed by atoms with E-state index in [0.29, 0.717) is 5.92 Å². The quantitative estimate of drug-likeness (QED) is 0.871. The van der Waals surface area contributed by atoms with E-state index in [0.717, 1.165) is 51.4 Å². The zero-order valence-corrected chi connectivity index (χ0v) is 14.3. The molecule has 0 spiro atoms. The number of amides is 1. The molecule has 4 rings (SSSR count). The van der Waals surface area contributed by atoms with E-state index < -0.39 is 0 Å². The lowest BCUT2D eigenvalue weighted by atomic mass is 9.91. The highest BCUT2D eigenvalue weighted by molar-refractivity contribution is 5.81. The molecule has 4 nitrogen and oxygen atoms in total. The maximum atomic E-state index is 12.3. The summed E-state index contributed by atoms with van der Waals surface area (Å²) < 4.78 is 6.11. The predicted molar refractivity (Wildman–Crippen MR) is 93.7 cm³/mol. The SMILES string of the molecule is O=C(NCC1CC1)[C@@H]1C[C@@H]2CCN(CCc3ccccc3)C[C@@H]2O1. The number of benzene rings is 1. The number of carbonyl (C=O) groups excluding carboxylic acids is 1. The average Bonchev–Trinajstić information content (AvgIpc) is 3.35. The molecular weight excluding hydrogens is 300 g/mol. The zero-order chi connectivity index (χ0) is 16.4. The van der Waals surface area contributed by atoms with Crippen LogP contribution in [0.25, 0.3) is 0 Å².